The predicted octanol–water partition coefficient (Wildman–Crippen LogP) is 2.20. The lowest BCUT2D eigenvalue weighted by Gasteiger charge is -2.32. The molecule has 1 heterocycles. The van der Waals surface area contributed by atoms with Crippen molar-refractivity contribution in [2.24, 2.45) is 10.3 Å². The summed E-state index contributed by atoms with van der Waals surface area (Å²) in [6, 6.07) is 5.34. The van der Waals surface area contributed by atoms with Crippen LogP contribution in [0.5, 0.6) is 0 Å². The number of morpholine rings is 1. The van der Waals surface area contributed by atoms with E-state index in [9.17, 15) is 18.5 Å². The van der Waals surface area contributed by atoms with Gasteiger partial charge in [-0.2, -0.15) is 8.42 Å². The van der Waals surface area contributed by atoms with Gasteiger partial charge in [0.15, 0.2) is 4.90 Å². The zero-order valence-corrected chi connectivity index (χ0v) is 14.7. The van der Waals surface area contributed by atoms with Crippen LogP contribution in [0.25, 0.3) is 0 Å². The van der Waals surface area contributed by atoms with Crippen LogP contribution in [0.4, 0.5) is 5.69 Å². The van der Waals surface area contributed by atoms with E-state index in [0.717, 1.165) is 25.7 Å². The van der Waals surface area contributed by atoms with Crippen molar-refractivity contribution in [1.29, 1.82) is 0 Å². The fraction of sp³-hybridized carbons (Fsp3) is 0.562. The molecule has 25 heavy (non-hydrogen) atoms. The summed E-state index contributed by atoms with van der Waals surface area (Å²) in [6.45, 7) is 2.22. The van der Waals surface area contributed by atoms with Crippen LogP contribution in [-0.2, 0) is 14.8 Å². The molecule has 0 N–H and O–H groups in total. The Morgan fingerprint density at radius 2 is 1.84 bits per heavy atom. The van der Waals surface area contributed by atoms with Crippen molar-refractivity contribution in [3.63, 3.8) is 0 Å². The van der Waals surface area contributed by atoms with Crippen LogP contribution in [0.3, 0.4) is 0 Å². The maximum Gasteiger partial charge on any atom is 0.290 e. The van der Waals surface area contributed by atoms with Gasteiger partial charge in [0.2, 0.25) is 0 Å². The first-order chi connectivity index (χ1) is 12.0. The number of ether oxygens (including phenoxy) is 1. The zero-order chi connectivity index (χ0) is 17.9. The summed E-state index contributed by atoms with van der Waals surface area (Å²) >= 11 is 0. The summed E-state index contributed by atoms with van der Waals surface area (Å²) < 4.78 is 35.1. The summed E-state index contributed by atoms with van der Waals surface area (Å²) in [4.78, 5) is 12.1. The van der Waals surface area contributed by atoms with Gasteiger partial charge in [-0.1, -0.05) is 25.0 Å². The van der Waals surface area contributed by atoms with E-state index in [1.807, 2.05) is 4.90 Å². The van der Waals surface area contributed by atoms with E-state index in [0.29, 0.717) is 32.1 Å². The molecule has 3 rings (SSSR count). The highest BCUT2D eigenvalue weighted by molar-refractivity contribution is 7.90. The Morgan fingerprint density at radius 3 is 2.48 bits per heavy atom. The number of para-hydroxylation sites is 1. The number of hydrogen-bond donors (Lipinski definition) is 0. The lowest BCUT2D eigenvalue weighted by molar-refractivity contribution is -0.387. The highest BCUT2D eigenvalue weighted by atomic mass is 32.2. The quantitative estimate of drug-likeness (QED) is 0.350. The number of sulfonamides is 1. The molecule has 0 amide bonds. The van der Waals surface area contributed by atoms with Crippen molar-refractivity contribution >= 4 is 21.5 Å². The molecule has 1 aliphatic carbocycles. The molecule has 1 saturated heterocycles. The first-order valence-electron chi connectivity index (χ1n) is 8.40. The minimum atomic E-state index is -4.16. The minimum Gasteiger partial charge on any atom is -0.378 e. The minimum absolute atomic E-state index is 0.0793. The Bertz CT molecular complexity index is 766. The highest BCUT2D eigenvalue weighted by Gasteiger charge is 2.31. The van der Waals surface area contributed by atoms with Crippen LogP contribution in [0.1, 0.15) is 25.7 Å². The van der Waals surface area contributed by atoms with Gasteiger partial charge in [-0.3, -0.25) is 10.1 Å². The molecule has 9 heteroatoms. The van der Waals surface area contributed by atoms with Gasteiger partial charge >= 0.3 is 0 Å². The molecule has 0 radical (unpaired) electrons. The summed E-state index contributed by atoms with van der Waals surface area (Å²) in [7, 11) is -4.16. The van der Waals surface area contributed by atoms with Gasteiger partial charge in [0.25, 0.3) is 15.7 Å². The Morgan fingerprint density at radius 1 is 1.20 bits per heavy atom. The third-order valence-electron chi connectivity index (χ3n) is 4.61. The van der Waals surface area contributed by atoms with Crippen LogP contribution >= 0.6 is 0 Å². The fourth-order valence-corrected chi connectivity index (χ4v) is 4.63. The molecule has 2 fully saturated rings. The van der Waals surface area contributed by atoms with Crippen molar-refractivity contribution < 1.29 is 18.1 Å². The molecule has 136 valence electrons. The number of benzene rings is 1. The summed E-state index contributed by atoms with van der Waals surface area (Å²) in [5.74, 6) is 0.606. The van der Waals surface area contributed by atoms with E-state index in [1.165, 1.54) is 24.3 Å². The van der Waals surface area contributed by atoms with Gasteiger partial charge in [-0.15, -0.1) is 4.40 Å². The topological polar surface area (TPSA) is 102 Å². The standard InChI is InChI=1S/C16H21N3O5S/c20-19(21)14-7-3-4-8-15(14)25(22,23)17-16(13-5-1-2-6-13)18-9-11-24-12-10-18/h3-4,7-8,13H,1-2,5-6,9-12H2/b17-16-. The van der Waals surface area contributed by atoms with Crippen molar-refractivity contribution in [2.75, 3.05) is 26.3 Å². The SMILES string of the molecule is O=[N+]([O-])c1ccccc1S(=O)(=O)/N=C(/C1CCCC1)N1CCOCC1. The number of hydrogen-bond acceptors (Lipinski definition) is 5. The average Bonchev–Trinajstić information content (AvgIpc) is 3.15. The molecule has 2 aliphatic rings. The van der Waals surface area contributed by atoms with Crippen molar-refractivity contribution in [3.05, 3.63) is 34.4 Å². The Balaban J connectivity index is 2.02. The van der Waals surface area contributed by atoms with Crippen LogP contribution in [-0.4, -0.2) is 50.4 Å². The molecular weight excluding hydrogens is 346 g/mol. The molecule has 0 atom stereocenters. The van der Waals surface area contributed by atoms with E-state index in [2.05, 4.69) is 4.40 Å². The third kappa shape index (κ3) is 3.98. The Hall–Kier alpha value is -2.00. The molecule has 1 aromatic carbocycles. The van der Waals surface area contributed by atoms with Crippen molar-refractivity contribution in [2.45, 2.75) is 30.6 Å². The predicted molar refractivity (Wildman–Crippen MR) is 92.1 cm³/mol. The van der Waals surface area contributed by atoms with E-state index in [-0.39, 0.29) is 10.8 Å². The Kier molecular flexibility index (Phi) is 5.33. The van der Waals surface area contributed by atoms with Crippen LogP contribution < -0.4 is 0 Å². The van der Waals surface area contributed by atoms with Crippen molar-refractivity contribution in [1.82, 2.24) is 4.90 Å². The number of nitrogens with zero attached hydrogens (tertiary/aromatic N) is 3. The average molecular weight is 367 g/mol. The van der Waals surface area contributed by atoms with Crippen molar-refractivity contribution in [3.8, 4) is 0 Å². The maximum atomic E-state index is 12.8. The molecule has 1 aromatic rings. The van der Waals surface area contributed by atoms with Gasteiger partial charge in [-0.25, -0.2) is 0 Å². The van der Waals surface area contributed by atoms with Crippen LogP contribution in [0, 0.1) is 16.0 Å². The van der Waals surface area contributed by atoms with E-state index in [1.54, 1.807) is 0 Å². The Labute approximate surface area is 146 Å². The highest BCUT2D eigenvalue weighted by Crippen LogP contribution is 2.30. The second-order valence-electron chi connectivity index (χ2n) is 6.23. The third-order valence-corrected chi connectivity index (χ3v) is 5.94. The van der Waals surface area contributed by atoms with Gasteiger partial charge in [0.05, 0.1) is 18.1 Å². The van der Waals surface area contributed by atoms with E-state index in [4.69, 9.17) is 4.74 Å². The maximum absolute atomic E-state index is 12.8. The number of amidine groups is 1. The largest absolute Gasteiger partial charge is 0.378 e. The molecular formula is C16H21N3O5S. The second kappa shape index (κ2) is 7.49. The summed E-state index contributed by atoms with van der Waals surface area (Å²) in [5, 5.41) is 11.2. The number of nitro groups is 1. The molecule has 0 aromatic heterocycles. The zero-order valence-electron chi connectivity index (χ0n) is 13.8. The lowest BCUT2D eigenvalue weighted by atomic mass is 10.1. The van der Waals surface area contributed by atoms with Gasteiger partial charge in [0, 0.05) is 25.1 Å². The molecule has 1 saturated carbocycles. The van der Waals surface area contributed by atoms with Gasteiger partial charge < -0.3 is 9.64 Å². The molecule has 8 nitrogen and oxygen atoms in total. The number of nitro benzene ring substituents is 1. The normalized spacial score (nSPS) is 20.0. The first kappa shape index (κ1) is 17.8. The van der Waals surface area contributed by atoms with Gasteiger partial charge in [0.1, 0.15) is 5.84 Å². The fourth-order valence-electron chi connectivity index (χ4n) is 3.37. The smallest absolute Gasteiger partial charge is 0.290 e. The molecule has 0 bridgehead atoms. The first-order valence-corrected chi connectivity index (χ1v) is 9.84. The number of rotatable bonds is 4. The van der Waals surface area contributed by atoms with E-state index >= 15 is 0 Å². The second-order valence-corrected chi connectivity index (χ2v) is 7.80. The van der Waals surface area contributed by atoms with Crippen LogP contribution in [0.15, 0.2) is 33.6 Å². The molecule has 0 unspecified atom stereocenters. The van der Waals surface area contributed by atoms with Crippen LogP contribution in [0.2, 0.25) is 0 Å². The lowest BCUT2D eigenvalue weighted by Crippen LogP contribution is -2.43. The molecule has 1 aliphatic heterocycles. The van der Waals surface area contributed by atoms with E-state index < -0.39 is 20.6 Å². The summed E-state index contributed by atoms with van der Waals surface area (Å²) in [5.41, 5.74) is -0.445. The summed E-state index contributed by atoms with van der Waals surface area (Å²) in [6.07, 6.45) is 3.87. The molecule has 0 spiro atoms. The van der Waals surface area contributed by atoms with Gasteiger partial charge in [-0.05, 0) is 18.9 Å². The monoisotopic (exact) mass is 367 g/mol.